The smallest absolute Gasteiger partial charge is 0.247 e. The molecule has 1 amide bonds. The van der Waals surface area contributed by atoms with Crippen molar-refractivity contribution in [3.05, 3.63) is 30.5 Å². The first-order valence-electron chi connectivity index (χ1n) is 7.31. The van der Waals surface area contributed by atoms with Crippen LogP contribution in [0, 0.1) is 0 Å². The monoisotopic (exact) mass is 322 g/mol. The summed E-state index contributed by atoms with van der Waals surface area (Å²) in [6.07, 6.45) is 2.29. The number of benzene rings is 1. The quantitative estimate of drug-likeness (QED) is 0.933. The van der Waals surface area contributed by atoms with Crippen LogP contribution in [0.4, 0.5) is 0 Å². The molecule has 0 radical (unpaired) electrons. The van der Waals surface area contributed by atoms with E-state index in [-0.39, 0.29) is 10.8 Å². The fraction of sp³-hybridized carbons (Fsp3) is 0.400. The average Bonchev–Trinajstić information content (AvgIpc) is 2.85. The van der Waals surface area contributed by atoms with E-state index >= 15 is 0 Å². The van der Waals surface area contributed by atoms with Crippen molar-refractivity contribution in [2.75, 3.05) is 13.1 Å². The number of hydrogen-bond acceptors (Lipinski definition) is 4. The second kappa shape index (κ2) is 5.73. The van der Waals surface area contributed by atoms with Crippen LogP contribution >= 0.6 is 0 Å². The van der Waals surface area contributed by atoms with Crippen LogP contribution < -0.4 is 5.32 Å². The molecular formula is C15H18N2O4S. The van der Waals surface area contributed by atoms with Gasteiger partial charge in [-0.2, -0.15) is 4.31 Å². The second-order valence-electron chi connectivity index (χ2n) is 5.28. The molecule has 7 heteroatoms. The molecule has 0 bridgehead atoms. The Kier molecular flexibility index (Phi) is 3.92. The highest BCUT2D eigenvalue weighted by molar-refractivity contribution is 7.89. The number of fused-ring (bicyclic) bond motifs is 1. The fourth-order valence-corrected chi connectivity index (χ4v) is 4.63. The van der Waals surface area contributed by atoms with Crippen LogP contribution in [0.3, 0.4) is 0 Å². The Balaban J connectivity index is 2.09. The van der Waals surface area contributed by atoms with Gasteiger partial charge in [0.2, 0.25) is 15.9 Å². The molecule has 2 aromatic rings. The summed E-state index contributed by atoms with van der Waals surface area (Å²) < 4.78 is 32.7. The summed E-state index contributed by atoms with van der Waals surface area (Å²) >= 11 is 0. The molecule has 1 N–H and O–H groups in total. The maximum Gasteiger partial charge on any atom is 0.247 e. The van der Waals surface area contributed by atoms with Crippen molar-refractivity contribution in [1.82, 2.24) is 9.62 Å². The fourth-order valence-electron chi connectivity index (χ4n) is 2.81. The van der Waals surface area contributed by atoms with Gasteiger partial charge in [-0.15, -0.1) is 0 Å². The van der Waals surface area contributed by atoms with Gasteiger partial charge in [0, 0.05) is 18.5 Å². The molecule has 22 heavy (non-hydrogen) atoms. The highest BCUT2D eigenvalue weighted by Crippen LogP contribution is 2.29. The standard InChI is InChI=1S/C15H18N2O4S/c1-2-12-15(18)16-8-5-9-17(12)22(19,20)14-10-21-13-7-4-3-6-11(13)14/h3-4,6-7,10,12H,2,5,8-9H2,1H3,(H,16,18)/t12-/m0/s1. The normalized spacial score (nSPS) is 20.8. The van der Waals surface area contributed by atoms with Crippen molar-refractivity contribution in [2.45, 2.75) is 30.7 Å². The van der Waals surface area contributed by atoms with E-state index < -0.39 is 16.1 Å². The Labute approximate surface area is 129 Å². The van der Waals surface area contributed by atoms with Gasteiger partial charge in [0.15, 0.2) is 0 Å². The van der Waals surface area contributed by atoms with E-state index in [4.69, 9.17) is 4.42 Å². The molecule has 0 aliphatic carbocycles. The molecule has 1 aromatic carbocycles. The Hall–Kier alpha value is -1.86. The summed E-state index contributed by atoms with van der Waals surface area (Å²) in [4.78, 5) is 12.2. The molecule has 1 aliphatic heterocycles. The van der Waals surface area contributed by atoms with Crippen LogP contribution in [0.2, 0.25) is 0 Å². The number of nitrogens with zero attached hydrogens (tertiary/aromatic N) is 1. The van der Waals surface area contributed by atoms with Gasteiger partial charge in [0.25, 0.3) is 0 Å². The van der Waals surface area contributed by atoms with Crippen molar-refractivity contribution < 1.29 is 17.6 Å². The highest BCUT2D eigenvalue weighted by Gasteiger charge is 2.37. The van der Waals surface area contributed by atoms with Gasteiger partial charge in [-0.25, -0.2) is 8.42 Å². The van der Waals surface area contributed by atoms with Crippen LogP contribution in [0.25, 0.3) is 11.0 Å². The van der Waals surface area contributed by atoms with E-state index in [1.54, 1.807) is 24.3 Å². The number of carbonyl (C=O) groups excluding carboxylic acids is 1. The molecule has 2 heterocycles. The Morgan fingerprint density at radius 1 is 1.36 bits per heavy atom. The molecule has 3 rings (SSSR count). The van der Waals surface area contributed by atoms with Gasteiger partial charge in [-0.1, -0.05) is 19.1 Å². The maximum absolute atomic E-state index is 13.0. The lowest BCUT2D eigenvalue weighted by Crippen LogP contribution is -2.46. The third kappa shape index (κ3) is 2.40. The lowest BCUT2D eigenvalue weighted by molar-refractivity contribution is -0.124. The van der Waals surface area contributed by atoms with Crippen molar-refractivity contribution in [2.24, 2.45) is 0 Å². The molecule has 1 aromatic heterocycles. The van der Waals surface area contributed by atoms with Gasteiger partial charge in [-0.05, 0) is 25.0 Å². The zero-order chi connectivity index (χ0) is 15.7. The summed E-state index contributed by atoms with van der Waals surface area (Å²) in [5.41, 5.74) is 0.522. The minimum Gasteiger partial charge on any atom is -0.463 e. The average molecular weight is 322 g/mol. The van der Waals surface area contributed by atoms with E-state index in [0.717, 1.165) is 0 Å². The van der Waals surface area contributed by atoms with Crippen molar-refractivity contribution in [3.8, 4) is 0 Å². The molecule has 0 unspecified atom stereocenters. The number of furan rings is 1. The topological polar surface area (TPSA) is 79.6 Å². The summed E-state index contributed by atoms with van der Waals surface area (Å²) in [7, 11) is -3.78. The first-order chi connectivity index (χ1) is 10.6. The summed E-state index contributed by atoms with van der Waals surface area (Å²) in [6, 6.07) is 6.31. The predicted octanol–water partition coefficient (Wildman–Crippen LogP) is 1.72. The summed E-state index contributed by atoms with van der Waals surface area (Å²) in [6.45, 7) is 2.62. The number of carbonyl (C=O) groups is 1. The largest absolute Gasteiger partial charge is 0.463 e. The third-order valence-electron chi connectivity index (χ3n) is 3.92. The number of nitrogens with one attached hydrogen (secondary N) is 1. The summed E-state index contributed by atoms with van der Waals surface area (Å²) in [5, 5.41) is 3.31. The van der Waals surface area contributed by atoms with E-state index in [1.807, 2.05) is 6.92 Å². The Bertz CT molecular complexity index is 797. The van der Waals surface area contributed by atoms with Gasteiger partial charge >= 0.3 is 0 Å². The van der Waals surface area contributed by atoms with Crippen LogP contribution in [0.1, 0.15) is 19.8 Å². The molecule has 118 valence electrons. The molecular weight excluding hydrogens is 304 g/mol. The number of para-hydroxylation sites is 1. The first kappa shape index (κ1) is 15.1. The zero-order valence-corrected chi connectivity index (χ0v) is 13.1. The molecule has 1 aliphatic rings. The van der Waals surface area contributed by atoms with E-state index in [9.17, 15) is 13.2 Å². The minimum absolute atomic E-state index is 0.122. The molecule has 0 saturated carbocycles. The van der Waals surface area contributed by atoms with Crippen LogP contribution in [-0.2, 0) is 14.8 Å². The van der Waals surface area contributed by atoms with Gasteiger partial charge < -0.3 is 9.73 Å². The minimum atomic E-state index is -3.78. The number of hydrogen-bond donors (Lipinski definition) is 1. The SMILES string of the molecule is CC[C@H]1C(=O)NCCCN1S(=O)(=O)c1coc2ccccc12. The van der Waals surface area contributed by atoms with Gasteiger partial charge in [-0.3, -0.25) is 4.79 Å². The van der Waals surface area contributed by atoms with Gasteiger partial charge in [0.05, 0.1) is 0 Å². The van der Waals surface area contributed by atoms with Crippen molar-refractivity contribution >= 4 is 26.9 Å². The van der Waals surface area contributed by atoms with E-state index in [1.165, 1.54) is 10.6 Å². The maximum atomic E-state index is 13.0. The number of amides is 1. The molecule has 0 spiro atoms. The number of sulfonamides is 1. The molecule has 1 saturated heterocycles. The lowest BCUT2D eigenvalue weighted by Gasteiger charge is -2.26. The van der Waals surface area contributed by atoms with Crippen LogP contribution in [0.5, 0.6) is 0 Å². The van der Waals surface area contributed by atoms with Crippen molar-refractivity contribution in [1.29, 1.82) is 0 Å². The van der Waals surface area contributed by atoms with Crippen LogP contribution in [0.15, 0.2) is 39.8 Å². The van der Waals surface area contributed by atoms with E-state index in [2.05, 4.69) is 5.32 Å². The van der Waals surface area contributed by atoms with Crippen molar-refractivity contribution in [3.63, 3.8) is 0 Å². The van der Waals surface area contributed by atoms with Gasteiger partial charge in [0.1, 0.15) is 22.8 Å². The van der Waals surface area contributed by atoms with Crippen LogP contribution in [-0.4, -0.2) is 37.8 Å². The third-order valence-corrected chi connectivity index (χ3v) is 5.85. The predicted molar refractivity (Wildman–Crippen MR) is 81.8 cm³/mol. The first-order valence-corrected chi connectivity index (χ1v) is 8.75. The molecule has 6 nitrogen and oxygen atoms in total. The second-order valence-corrected chi connectivity index (χ2v) is 7.14. The van der Waals surface area contributed by atoms with E-state index in [0.29, 0.717) is 36.9 Å². The number of rotatable bonds is 3. The lowest BCUT2D eigenvalue weighted by atomic mass is 10.2. The summed E-state index contributed by atoms with van der Waals surface area (Å²) in [5.74, 6) is -0.239. The Morgan fingerprint density at radius 3 is 2.91 bits per heavy atom. The molecule has 1 atom stereocenters. The highest BCUT2D eigenvalue weighted by atomic mass is 32.2. The Morgan fingerprint density at radius 2 is 2.14 bits per heavy atom. The molecule has 1 fully saturated rings. The zero-order valence-electron chi connectivity index (χ0n) is 12.3.